The van der Waals surface area contributed by atoms with Crippen molar-refractivity contribution in [2.24, 2.45) is 5.92 Å². The van der Waals surface area contributed by atoms with Crippen molar-refractivity contribution in [1.29, 1.82) is 0 Å². The molecule has 0 radical (unpaired) electrons. The van der Waals surface area contributed by atoms with Gasteiger partial charge in [0, 0.05) is 88.0 Å². The molecular weight excluding hydrogens is 424 g/mol. The first-order chi connectivity index (χ1) is 16.7. The van der Waals surface area contributed by atoms with Crippen LogP contribution in [0.15, 0.2) is 48.8 Å². The lowest BCUT2D eigenvalue weighted by Gasteiger charge is -2.49. The summed E-state index contributed by atoms with van der Waals surface area (Å²) in [7, 11) is 0. The molecule has 34 heavy (non-hydrogen) atoms. The normalized spacial score (nSPS) is 23.2. The van der Waals surface area contributed by atoms with Gasteiger partial charge < -0.3 is 14.7 Å². The van der Waals surface area contributed by atoms with E-state index in [1.165, 1.54) is 42.0 Å². The zero-order chi connectivity index (χ0) is 22.6. The molecule has 1 saturated carbocycles. The van der Waals surface area contributed by atoms with Crippen LogP contribution < -0.4 is 9.80 Å². The van der Waals surface area contributed by atoms with Gasteiger partial charge >= 0.3 is 0 Å². The van der Waals surface area contributed by atoms with Crippen molar-refractivity contribution < 1.29 is 4.79 Å². The third-order valence-electron chi connectivity index (χ3n) is 8.26. The molecule has 3 aromatic rings. The quantitative estimate of drug-likeness (QED) is 0.604. The molecule has 3 aliphatic heterocycles. The summed E-state index contributed by atoms with van der Waals surface area (Å²) in [6.45, 7) is 8.13. The van der Waals surface area contributed by atoms with Gasteiger partial charge in [-0.25, -0.2) is 4.52 Å². The maximum Gasteiger partial charge on any atom is 0.225 e. The third-order valence-corrected chi connectivity index (χ3v) is 8.26. The van der Waals surface area contributed by atoms with E-state index in [4.69, 9.17) is 0 Å². The van der Waals surface area contributed by atoms with Gasteiger partial charge in [-0.05, 0) is 49.1 Å². The predicted octanol–water partition coefficient (Wildman–Crippen LogP) is 2.95. The highest BCUT2D eigenvalue weighted by molar-refractivity contribution is 5.82. The number of fused-ring (bicyclic) bond motifs is 2. The van der Waals surface area contributed by atoms with E-state index < -0.39 is 0 Å². The molecule has 0 N–H and O–H groups in total. The molecule has 176 valence electrons. The summed E-state index contributed by atoms with van der Waals surface area (Å²) < 4.78 is 2.00. The Morgan fingerprint density at radius 3 is 2.32 bits per heavy atom. The topological polar surface area (TPSA) is 47.3 Å². The van der Waals surface area contributed by atoms with Gasteiger partial charge in [-0.1, -0.05) is 12.1 Å². The van der Waals surface area contributed by atoms with E-state index in [2.05, 4.69) is 67.3 Å². The van der Waals surface area contributed by atoms with Gasteiger partial charge in [0.2, 0.25) is 5.91 Å². The zero-order valence-electron chi connectivity index (χ0n) is 19.6. The molecule has 2 aromatic heterocycles. The lowest BCUT2D eigenvalue weighted by atomic mass is 9.99. The van der Waals surface area contributed by atoms with Crippen molar-refractivity contribution in [3.05, 3.63) is 48.8 Å². The van der Waals surface area contributed by atoms with Crippen molar-refractivity contribution in [3.63, 3.8) is 0 Å². The van der Waals surface area contributed by atoms with Crippen LogP contribution in [-0.4, -0.2) is 83.7 Å². The smallest absolute Gasteiger partial charge is 0.225 e. The SMILES string of the molecule is O=C(C1CC1)N1CCN(c2ccnn3cc(-c4ccc(N5CCN6CCC6C5)cc4)cc23)CC1. The fraction of sp³-hybridized carbons (Fsp3) is 0.481. The fourth-order valence-electron chi connectivity index (χ4n) is 5.87. The molecule has 4 aliphatic rings. The Hall–Kier alpha value is -3.06. The number of aromatic nitrogens is 2. The maximum atomic E-state index is 12.4. The Morgan fingerprint density at radius 1 is 0.824 bits per heavy atom. The second kappa shape index (κ2) is 8.01. The summed E-state index contributed by atoms with van der Waals surface area (Å²) in [5, 5.41) is 4.58. The Labute approximate surface area is 200 Å². The number of anilines is 2. The second-order valence-corrected chi connectivity index (χ2v) is 10.3. The van der Waals surface area contributed by atoms with Crippen LogP contribution in [0.3, 0.4) is 0 Å². The number of carbonyl (C=O) groups is 1. The third kappa shape index (κ3) is 3.54. The van der Waals surface area contributed by atoms with Gasteiger partial charge in [0.1, 0.15) is 0 Å². The molecule has 1 aromatic carbocycles. The number of hydrogen-bond acceptors (Lipinski definition) is 5. The fourth-order valence-corrected chi connectivity index (χ4v) is 5.87. The maximum absolute atomic E-state index is 12.4. The lowest BCUT2D eigenvalue weighted by Crippen LogP contribution is -2.60. The predicted molar refractivity (Wildman–Crippen MR) is 134 cm³/mol. The van der Waals surface area contributed by atoms with E-state index in [0.717, 1.165) is 63.7 Å². The number of carbonyl (C=O) groups excluding carboxylic acids is 1. The van der Waals surface area contributed by atoms with Crippen molar-refractivity contribution in [3.8, 4) is 11.1 Å². The standard InChI is InChI=1S/C27H32N6O/c34-27(21-1-2-21)31-14-12-30(13-15-31)25-7-9-28-33-18-22(17-26(25)33)20-3-5-23(6-4-20)32-16-11-29-10-8-24(29)19-32/h3-7,9,17-18,21,24H,1-2,8,10-16,19H2. The van der Waals surface area contributed by atoms with Gasteiger partial charge in [0.15, 0.2) is 0 Å². The van der Waals surface area contributed by atoms with Crippen LogP contribution in [0.2, 0.25) is 0 Å². The van der Waals surface area contributed by atoms with E-state index in [9.17, 15) is 4.79 Å². The molecular formula is C27H32N6O. The number of benzene rings is 1. The summed E-state index contributed by atoms with van der Waals surface area (Å²) in [5.74, 6) is 0.670. The van der Waals surface area contributed by atoms with Crippen LogP contribution >= 0.6 is 0 Å². The van der Waals surface area contributed by atoms with Crippen LogP contribution in [0.1, 0.15) is 19.3 Å². The van der Waals surface area contributed by atoms with E-state index >= 15 is 0 Å². The number of rotatable bonds is 4. The van der Waals surface area contributed by atoms with Crippen LogP contribution in [0.25, 0.3) is 16.6 Å². The monoisotopic (exact) mass is 456 g/mol. The Kier molecular flexibility index (Phi) is 4.79. The van der Waals surface area contributed by atoms with Crippen molar-refractivity contribution >= 4 is 22.8 Å². The zero-order valence-corrected chi connectivity index (χ0v) is 19.6. The molecule has 7 heteroatoms. The Bertz CT molecular complexity index is 1210. The summed E-state index contributed by atoms with van der Waals surface area (Å²) in [6.07, 6.45) is 7.52. The molecule has 7 nitrogen and oxygen atoms in total. The van der Waals surface area contributed by atoms with Gasteiger partial charge in [0.05, 0.1) is 11.2 Å². The van der Waals surface area contributed by atoms with E-state index in [-0.39, 0.29) is 0 Å². The van der Waals surface area contributed by atoms with Crippen molar-refractivity contribution in [2.45, 2.75) is 25.3 Å². The van der Waals surface area contributed by atoms with E-state index in [1.54, 1.807) is 0 Å². The number of hydrogen-bond donors (Lipinski definition) is 0. The van der Waals surface area contributed by atoms with Crippen LogP contribution in [-0.2, 0) is 4.79 Å². The largest absolute Gasteiger partial charge is 0.369 e. The summed E-state index contributed by atoms with van der Waals surface area (Å²) in [6, 6.07) is 14.2. The first kappa shape index (κ1) is 20.3. The molecule has 0 bridgehead atoms. The van der Waals surface area contributed by atoms with Gasteiger partial charge in [-0.3, -0.25) is 9.69 Å². The average molecular weight is 457 g/mol. The minimum atomic E-state index is 0.307. The summed E-state index contributed by atoms with van der Waals surface area (Å²) >= 11 is 0. The minimum Gasteiger partial charge on any atom is -0.369 e. The number of amides is 1. The first-order valence-electron chi connectivity index (χ1n) is 12.8. The van der Waals surface area contributed by atoms with Gasteiger partial charge in [-0.2, -0.15) is 5.10 Å². The average Bonchev–Trinajstić information content (AvgIpc) is 3.62. The summed E-state index contributed by atoms with van der Waals surface area (Å²) in [5.41, 5.74) is 6.08. The van der Waals surface area contributed by atoms with Gasteiger partial charge in [-0.15, -0.1) is 0 Å². The highest BCUT2D eigenvalue weighted by Crippen LogP contribution is 2.33. The van der Waals surface area contributed by atoms with E-state index in [1.807, 2.05) is 10.7 Å². The molecule has 3 saturated heterocycles. The highest BCUT2D eigenvalue weighted by atomic mass is 16.2. The molecule has 1 unspecified atom stereocenters. The van der Waals surface area contributed by atoms with E-state index in [0.29, 0.717) is 11.8 Å². The van der Waals surface area contributed by atoms with Crippen LogP contribution in [0.4, 0.5) is 11.4 Å². The Balaban J connectivity index is 1.09. The van der Waals surface area contributed by atoms with Crippen LogP contribution in [0.5, 0.6) is 0 Å². The first-order valence-corrected chi connectivity index (χ1v) is 12.8. The van der Waals surface area contributed by atoms with Crippen LogP contribution in [0, 0.1) is 5.92 Å². The molecule has 0 spiro atoms. The minimum absolute atomic E-state index is 0.307. The lowest BCUT2D eigenvalue weighted by molar-refractivity contribution is -0.132. The number of piperazine rings is 2. The number of nitrogens with zero attached hydrogens (tertiary/aromatic N) is 6. The summed E-state index contributed by atoms with van der Waals surface area (Å²) in [4.78, 5) is 22.0. The molecule has 5 heterocycles. The molecule has 1 amide bonds. The molecule has 7 rings (SSSR count). The second-order valence-electron chi connectivity index (χ2n) is 10.3. The highest BCUT2D eigenvalue weighted by Gasteiger charge is 2.35. The van der Waals surface area contributed by atoms with Gasteiger partial charge in [0.25, 0.3) is 0 Å². The van der Waals surface area contributed by atoms with Crippen molar-refractivity contribution in [2.75, 3.05) is 62.2 Å². The molecule has 4 fully saturated rings. The Morgan fingerprint density at radius 2 is 1.62 bits per heavy atom. The molecule has 1 aliphatic carbocycles. The van der Waals surface area contributed by atoms with Crippen molar-refractivity contribution in [1.82, 2.24) is 19.4 Å². The molecule has 1 atom stereocenters.